The first kappa shape index (κ1) is 11.3. The Bertz CT molecular complexity index is 499. The van der Waals surface area contributed by atoms with Gasteiger partial charge in [-0.05, 0) is 17.7 Å². The van der Waals surface area contributed by atoms with Crippen molar-refractivity contribution in [3.05, 3.63) is 47.9 Å². The molecule has 5 heteroatoms. The van der Waals surface area contributed by atoms with E-state index in [0.717, 1.165) is 0 Å². The third kappa shape index (κ3) is 2.34. The lowest BCUT2D eigenvalue weighted by atomic mass is 10.1. The number of anilines is 1. The molecule has 88 valence electrons. The Hall–Kier alpha value is -2.14. The number of rotatable bonds is 3. The lowest BCUT2D eigenvalue weighted by molar-refractivity contribution is 0.207. The normalized spacial score (nSPS) is 12.1. The fraction of sp³-hybridized carbons (Fsp3) is 0.167. The van der Waals surface area contributed by atoms with Crippen molar-refractivity contribution in [2.45, 2.75) is 6.10 Å². The largest absolute Gasteiger partial charge is 0.480 e. The van der Waals surface area contributed by atoms with Crippen LogP contribution in [0.3, 0.4) is 0 Å². The molecule has 17 heavy (non-hydrogen) atoms. The van der Waals surface area contributed by atoms with Gasteiger partial charge in [-0.3, -0.25) is 4.98 Å². The fourth-order valence-electron chi connectivity index (χ4n) is 1.52. The zero-order valence-corrected chi connectivity index (χ0v) is 9.37. The Balaban J connectivity index is 2.36. The maximum absolute atomic E-state index is 10.2. The number of aliphatic hydroxyl groups excluding tert-OH is 1. The van der Waals surface area contributed by atoms with Crippen molar-refractivity contribution in [3.8, 4) is 5.88 Å². The molecule has 0 radical (unpaired) electrons. The summed E-state index contributed by atoms with van der Waals surface area (Å²) in [6, 6.07) is 6.94. The second-order valence-corrected chi connectivity index (χ2v) is 3.52. The van der Waals surface area contributed by atoms with Crippen LogP contribution in [0.4, 0.5) is 5.69 Å². The second-order valence-electron chi connectivity index (χ2n) is 3.52. The van der Waals surface area contributed by atoms with Crippen LogP contribution >= 0.6 is 0 Å². The van der Waals surface area contributed by atoms with Crippen LogP contribution in [0, 0.1) is 0 Å². The smallest absolute Gasteiger partial charge is 0.238 e. The lowest BCUT2D eigenvalue weighted by Crippen LogP contribution is -2.06. The van der Waals surface area contributed by atoms with Crippen LogP contribution < -0.4 is 10.5 Å². The number of hydrogen-bond acceptors (Lipinski definition) is 5. The third-order valence-corrected chi connectivity index (χ3v) is 2.40. The number of nitrogens with two attached hydrogens (primary N) is 1. The van der Waals surface area contributed by atoms with Crippen molar-refractivity contribution in [1.82, 2.24) is 9.97 Å². The highest BCUT2D eigenvalue weighted by Gasteiger charge is 2.17. The average Bonchev–Trinajstić information content (AvgIpc) is 2.39. The van der Waals surface area contributed by atoms with Gasteiger partial charge in [0.05, 0.1) is 7.11 Å². The van der Waals surface area contributed by atoms with Crippen molar-refractivity contribution < 1.29 is 9.84 Å². The van der Waals surface area contributed by atoms with Crippen molar-refractivity contribution in [3.63, 3.8) is 0 Å². The second kappa shape index (κ2) is 4.80. The van der Waals surface area contributed by atoms with Gasteiger partial charge in [0.2, 0.25) is 5.88 Å². The minimum Gasteiger partial charge on any atom is -0.480 e. The van der Waals surface area contributed by atoms with Gasteiger partial charge in [0, 0.05) is 18.1 Å². The highest BCUT2D eigenvalue weighted by molar-refractivity contribution is 5.41. The molecule has 0 aliphatic carbocycles. The van der Waals surface area contributed by atoms with E-state index in [1.54, 1.807) is 24.3 Å². The van der Waals surface area contributed by atoms with Crippen LogP contribution in [-0.2, 0) is 0 Å². The summed E-state index contributed by atoms with van der Waals surface area (Å²) in [6.07, 6.45) is 2.15. The zero-order valence-electron chi connectivity index (χ0n) is 9.37. The lowest BCUT2D eigenvalue weighted by Gasteiger charge is -2.12. The number of aromatic nitrogens is 2. The van der Waals surface area contributed by atoms with Crippen LogP contribution in [0.2, 0.25) is 0 Å². The van der Waals surface area contributed by atoms with Crippen molar-refractivity contribution in [2.24, 2.45) is 0 Å². The van der Waals surface area contributed by atoms with Crippen LogP contribution in [0.1, 0.15) is 17.4 Å². The van der Waals surface area contributed by atoms with E-state index in [1.807, 2.05) is 0 Å². The van der Waals surface area contributed by atoms with Gasteiger partial charge < -0.3 is 15.6 Å². The molecule has 1 atom stereocenters. The van der Waals surface area contributed by atoms with Gasteiger partial charge in [-0.2, -0.15) is 0 Å². The van der Waals surface area contributed by atoms with E-state index in [0.29, 0.717) is 22.8 Å². The van der Waals surface area contributed by atoms with Gasteiger partial charge in [-0.15, -0.1) is 0 Å². The van der Waals surface area contributed by atoms with Crippen molar-refractivity contribution in [1.29, 1.82) is 0 Å². The molecule has 5 nitrogen and oxygen atoms in total. The quantitative estimate of drug-likeness (QED) is 0.774. The Morgan fingerprint density at radius 3 is 2.47 bits per heavy atom. The molecule has 0 saturated heterocycles. The molecule has 0 fully saturated rings. The van der Waals surface area contributed by atoms with Gasteiger partial charge in [0.25, 0.3) is 0 Å². The maximum atomic E-state index is 10.2. The fourth-order valence-corrected chi connectivity index (χ4v) is 1.52. The van der Waals surface area contributed by atoms with E-state index in [9.17, 15) is 5.11 Å². The van der Waals surface area contributed by atoms with Gasteiger partial charge in [-0.1, -0.05) is 12.1 Å². The number of benzene rings is 1. The molecule has 1 aromatic carbocycles. The van der Waals surface area contributed by atoms with Crippen LogP contribution in [0.5, 0.6) is 5.88 Å². The molecule has 2 rings (SSSR count). The van der Waals surface area contributed by atoms with Gasteiger partial charge in [-0.25, -0.2) is 4.98 Å². The molecule has 2 aromatic rings. The van der Waals surface area contributed by atoms with Crippen molar-refractivity contribution >= 4 is 5.69 Å². The summed E-state index contributed by atoms with van der Waals surface area (Å²) < 4.78 is 5.05. The summed E-state index contributed by atoms with van der Waals surface area (Å²) in [7, 11) is 1.49. The molecule has 0 bridgehead atoms. The summed E-state index contributed by atoms with van der Waals surface area (Å²) in [5.41, 5.74) is 7.31. The number of hydrogen-bond donors (Lipinski definition) is 2. The molecule has 0 amide bonds. The van der Waals surface area contributed by atoms with E-state index < -0.39 is 6.10 Å². The van der Waals surface area contributed by atoms with Crippen LogP contribution in [-0.4, -0.2) is 22.2 Å². The first-order chi connectivity index (χ1) is 8.22. The Kier molecular flexibility index (Phi) is 3.20. The third-order valence-electron chi connectivity index (χ3n) is 2.40. The summed E-state index contributed by atoms with van der Waals surface area (Å²) in [4.78, 5) is 8.07. The summed E-state index contributed by atoms with van der Waals surface area (Å²) in [6.45, 7) is 0. The Labute approximate surface area is 98.9 Å². The zero-order chi connectivity index (χ0) is 12.3. The highest BCUT2D eigenvalue weighted by atomic mass is 16.5. The predicted octanol–water partition coefficient (Wildman–Crippen LogP) is 1.15. The van der Waals surface area contributed by atoms with Gasteiger partial charge in [0.15, 0.2) is 0 Å². The molecule has 0 saturated carbocycles. The Morgan fingerprint density at radius 1 is 1.18 bits per heavy atom. The highest BCUT2D eigenvalue weighted by Crippen LogP contribution is 2.26. The summed E-state index contributed by atoms with van der Waals surface area (Å²) in [5.74, 6) is 0.317. The van der Waals surface area contributed by atoms with E-state index in [4.69, 9.17) is 10.5 Å². The Morgan fingerprint density at radius 2 is 1.82 bits per heavy atom. The molecule has 1 aromatic heterocycles. The minimum atomic E-state index is -0.876. The topological polar surface area (TPSA) is 81.3 Å². The van der Waals surface area contributed by atoms with E-state index in [2.05, 4.69) is 9.97 Å². The summed E-state index contributed by atoms with van der Waals surface area (Å²) >= 11 is 0. The van der Waals surface area contributed by atoms with Crippen LogP contribution in [0.25, 0.3) is 0 Å². The number of methoxy groups -OCH3 is 1. The molecule has 1 heterocycles. The van der Waals surface area contributed by atoms with E-state index in [1.165, 1.54) is 19.5 Å². The first-order valence-corrected chi connectivity index (χ1v) is 5.10. The van der Waals surface area contributed by atoms with Crippen LogP contribution in [0.15, 0.2) is 36.7 Å². The molecule has 0 aliphatic heterocycles. The SMILES string of the molecule is COc1nccnc1C(O)c1ccc(N)cc1. The first-order valence-electron chi connectivity index (χ1n) is 5.10. The molecular weight excluding hydrogens is 218 g/mol. The molecule has 0 spiro atoms. The molecule has 3 N–H and O–H groups in total. The molecular formula is C12H13N3O2. The van der Waals surface area contributed by atoms with Gasteiger partial charge >= 0.3 is 0 Å². The van der Waals surface area contributed by atoms with E-state index >= 15 is 0 Å². The van der Waals surface area contributed by atoms with Crippen molar-refractivity contribution in [2.75, 3.05) is 12.8 Å². The minimum absolute atomic E-state index is 0.317. The monoisotopic (exact) mass is 231 g/mol. The van der Waals surface area contributed by atoms with Gasteiger partial charge in [0.1, 0.15) is 11.8 Å². The number of nitrogens with zero attached hydrogens (tertiary/aromatic N) is 2. The maximum Gasteiger partial charge on any atom is 0.238 e. The molecule has 1 unspecified atom stereocenters. The van der Waals surface area contributed by atoms with E-state index in [-0.39, 0.29) is 0 Å². The number of aliphatic hydroxyl groups is 1. The number of nitrogen functional groups attached to an aromatic ring is 1. The standard InChI is InChI=1S/C12H13N3O2/c1-17-12-10(14-6-7-15-12)11(16)8-2-4-9(13)5-3-8/h2-7,11,16H,13H2,1H3. The predicted molar refractivity (Wildman–Crippen MR) is 63.5 cm³/mol. The molecule has 0 aliphatic rings. The number of ether oxygens (including phenoxy) is 1. The average molecular weight is 231 g/mol. The summed E-state index contributed by atoms with van der Waals surface area (Å²) in [5, 5.41) is 10.2.